The van der Waals surface area contributed by atoms with Crippen LogP contribution in [0.2, 0.25) is 5.02 Å². The van der Waals surface area contributed by atoms with E-state index in [2.05, 4.69) is 15.1 Å². The second kappa shape index (κ2) is 9.94. The normalized spacial score (nSPS) is 23.2. The number of hydrogen-bond acceptors (Lipinski definition) is 8. The summed E-state index contributed by atoms with van der Waals surface area (Å²) in [5, 5.41) is 9.68. The maximum atomic E-state index is 12.9. The van der Waals surface area contributed by atoms with Crippen LogP contribution in [0.25, 0.3) is 11.3 Å². The third kappa shape index (κ3) is 5.04. The summed E-state index contributed by atoms with van der Waals surface area (Å²) in [4.78, 5) is 17.1. The monoisotopic (exact) mass is 516 g/mol. The summed E-state index contributed by atoms with van der Waals surface area (Å²) in [5.74, 6) is 2.01. The minimum absolute atomic E-state index is 0.0975. The number of ether oxygens (including phenoxy) is 4. The van der Waals surface area contributed by atoms with Gasteiger partial charge in [0.05, 0.1) is 6.54 Å². The van der Waals surface area contributed by atoms with Gasteiger partial charge in [0.15, 0.2) is 18.4 Å². The van der Waals surface area contributed by atoms with Gasteiger partial charge in [-0.3, -0.25) is 0 Å². The van der Waals surface area contributed by atoms with Crippen LogP contribution in [0.4, 0.5) is 10.6 Å². The molecule has 1 aromatic carbocycles. The van der Waals surface area contributed by atoms with Crippen LogP contribution < -0.4 is 14.4 Å². The van der Waals surface area contributed by atoms with E-state index in [0.29, 0.717) is 28.8 Å². The third-order valence-corrected chi connectivity index (χ3v) is 7.14. The van der Waals surface area contributed by atoms with Gasteiger partial charge in [0.2, 0.25) is 0 Å². The highest BCUT2D eigenvalue weighted by atomic mass is 35.5. The number of benzene rings is 1. The summed E-state index contributed by atoms with van der Waals surface area (Å²) in [6, 6.07) is 7.90. The Balaban J connectivity index is 1.36. The first kappa shape index (κ1) is 24.9. The Labute approximate surface area is 216 Å². The lowest BCUT2D eigenvalue weighted by Gasteiger charge is -2.44. The fraction of sp³-hybridized carbons (Fsp3) is 0.577. The Bertz CT molecular complexity index is 1110. The van der Waals surface area contributed by atoms with Crippen molar-refractivity contribution in [2.75, 3.05) is 32.0 Å². The largest absolute Gasteiger partial charge is 0.488 e. The molecule has 10 heteroatoms. The summed E-state index contributed by atoms with van der Waals surface area (Å²) in [7, 11) is 1.57. The van der Waals surface area contributed by atoms with Crippen LogP contribution in [0.5, 0.6) is 11.5 Å². The molecule has 5 rings (SSSR count). The molecule has 1 aromatic heterocycles. The zero-order chi connectivity index (χ0) is 25.4. The van der Waals surface area contributed by atoms with Gasteiger partial charge in [-0.2, -0.15) is 0 Å². The minimum Gasteiger partial charge on any atom is -0.488 e. The van der Waals surface area contributed by atoms with Crippen molar-refractivity contribution in [3.8, 4) is 22.8 Å². The maximum Gasteiger partial charge on any atom is 0.410 e. The Morgan fingerprint density at radius 3 is 2.58 bits per heavy atom. The van der Waals surface area contributed by atoms with Crippen molar-refractivity contribution in [3.05, 3.63) is 29.3 Å². The molecule has 3 atom stereocenters. The topological polar surface area (TPSA) is 86.3 Å². The zero-order valence-corrected chi connectivity index (χ0v) is 22.0. The summed E-state index contributed by atoms with van der Waals surface area (Å²) in [5.41, 5.74) is 0.900. The number of rotatable bonds is 5. The van der Waals surface area contributed by atoms with Gasteiger partial charge in [-0.05, 0) is 64.7 Å². The molecular weight excluding hydrogens is 484 g/mol. The molecule has 0 saturated carbocycles. The third-order valence-electron chi connectivity index (χ3n) is 6.91. The summed E-state index contributed by atoms with van der Waals surface area (Å²) >= 11 is 6.17. The Morgan fingerprint density at radius 2 is 1.89 bits per heavy atom. The number of piperidine rings is 1. The molecule has 1 amide bonds. The minimum atomic E-state index is -0.498. The molecule has 0 unspecified atom stereocenters. The molecule has 3 aliphatic heterocycles. The number of fused-ring (bicyclic) bond motifs is 3. The number of carbonyl (C=O) groups is 1. The van der Waals surface area contributed by atoms with E-state index in [4.69, 9.17) is 30.5 Å². The number of aromatic nitrogens is 2. The molecule has 0 radical (unpaired) electrons. The van der Waals surface area contributed by atoms with Crippen LogP contribution in [0.15, 0.2) is 24.3 Å². The van der Waals surface area contributed by atoms with Crippen molar-refractivity contribution in [2.45, 2.75) is 70.2 Å². The standard InChI is InChI=1S/C26H33ClN4O5/c1-26(2,3)36-25(32)31-17-6-7-18(31)13-19(12-17)30-9-10-34-23-14-21(28-29-24(23)30)20-8-5-16(27)11-22(20)35-15-33-4/h5,8,11,14,17-19H,6-7,9-10,12-13,15H2,1-4H3/t17-,18+,19-. The predicted octanol–water partition coefficient (Wildman–Crippen LogP) is 4.91. The van der Waals surface area contributed by atoms with Gasteiger partial charge < -0.3 is 28.7 Å². The van der Waals surface area contributed by atoms with Crippen LogP contribution in [0.1, 0.15) is 46.5 Å². The van der Waals surface area contributed by atoms with Crippen LogP contribution in [-0.4, -0.2) is 72.0 Å². The second-order valence-electron chi connectivity index (χ2n) is 10.5. The lowest BCUT2D eigenvalue weighted by Crippen LogP contribution is -2.55. The van der Waals surface area contributed by atoms with Crippen molar-refractivity contribution in [2.24, 2.45) is 0 Å². The molecule has 2 bridgehead atoms. The van der Waals surface area contributed by atoms with E-state index in [-0.39, 0.29) is 31.0 Å². The van der Waals surface area contributed by atoms with E-state index in [1.165, 1.54) is 0 Å². The molecular formula is C26H33ClN4O5. The Morgan fingerprint density at radius 1 is 1.14 bits per heavy atom. The highest BCUT2D eigenvalue weighted by Crippen LogP contribution is 2.42. The number of carbonyl (C=O) groups excluding carboxylic acids is 1. The van der Waals surface area contributed by atoms with Crippen molar-refractivity contribution in [3.63, 3.8) is 0 Å². The summed E-state index contributed by atoms with van der Waals surface area (Å²) in [6.45, 7) is 7.13. The van der Waals surface area contributed by atoms with Crippen LogP contribution in [0.3, 0.4) is 0 Å². The van der Waals surface area contributed by atoms with Crippen molar-refractivity contribution in [1.82, 2.24) is 15.1 Å². The highest BCUT2D eigenvalue weighted by molar-refractivity contribution is 6.30. The maximum absolute atomic E-state index is 12.9. The first-order valence-corrected chi connectivity index (χ1v) is 12.8. The van der Waals surface area contributed by atoms with Gasteiger partial charge in [-0.1, -0.05) is 11.6 Å². The molecule has 2 fully saturated rings. The summed E-state index contributed by atoms with van der Waals surface area (Å²) < 4.78 is 22.5. The molecule has 0 N–H and O–H groups in total. The molecule has 36 heavy (non-hydrogen) atoms. The van der Waals surface area contributed by atoms with Crippen LogP contribution in [-0.2, 0) is 9.47 Å². The van der Waals surface area contributed by atoms with E-state index in [9.17, 15) is 4.79 Å². The van der Waals surface area contributed by atoms with Crippen molar-refractivity contribution >= 4 is 23.5 Å². The van der Waals surface area contributed by atoms with Gasteiger partial charge in [0.25, 0.3) is 0 Å². The lowest BCUT2D eigenvalue weighted by atomic mass is 9.95. The molecule has 2 aromatic rings. The van der Waals surface area contributed by atoms with Crippen LogP contribution in [0, 0.1) is 0 Å². The van der Waals surface area contributed by atoms with Gasteiger partial charge in [-0.25, -0.2) is 4.79 Å². The van der Waals surface area contributed by atoms with E-state index in [1.807, 2.05) is 37.8 Å². The van der Waals surface area contributed by atoms with E-state index >= 15 is 0 Å². The van der Waals surface area contributed by atoms with E-state index < -0.39 is 5.60 Å². The van der Waals surface area contributed by atoms with Gasteiger partial charge in [-0.15, -0.1) is 10.2 Å². The fourth-order valence-electron chi connectivity index (χ4n) is 5.49. The fourth-order valence-corrected chi connectivity index (χ4v) is 5.65. The first-order valence-electron chi connectivity index (χ1n) is 12.4. The van der Waals surface area contributed by atoms with E-state index in [0.717, 1.165) is 43.6 Å². The number of amides is 1. The van der Waals surface area contributed by atoms with Gasteiger partial charge >= 0.3 is 6.09 Å². The lowest BCUT2D eigenvalue weighted by molar-refractivity contribution is 0.00559. The Kier molecular flexibility index (Phi) is 6.87. The van der Waals surface area contributed by atoms with Gasteiger partial charge in [0.1, 0.15) is 23.7 Å². The molecule has 0 spiro atoms. The Hall–Kier alpha value is -2.78. The quantitative estimate of drug-likeness (QED) is 0.518. The van der Waals surface area contributed by atoms with Crippen molar-refractivity contribution in [1.29, 1.82) is 0 Å². The van der Waals surface area contributed by atoms with Gasteiger partial charge in [0, 0.05) is 41.9 Å². The predicted molar refractivity (Wildman–Crippen MR) is 136 cm³/mol. The molecule has 3 aliphatic rings. The number of anilines is 1. The zero-order valence-electron chi connectivity index (χ0n) is 21.2. The van der Waals surface area contributed by atoms with E-state index in [1.54, 1.807) is 19.2 Å². The van der Waals surface area contributed by atoms with Crippen molar-refractivity contribution < 1.29 is 23.7 Å². The molecule has 2 saturated heterocycles. The number of methoxy groups -OCH3 is 1. The summed E-state index contributed by atoms with van der Waals surface area (Å²) in [6.07, 6.45) is 3.57. The molecule has 0 aliphatic carbocycles. The molecule has 9 nitrogen and oxygen atoms in total. The number of nitrogens with zero attached hydrogens (tertiary/aromatic N) is 4. The first-order chi connectivity index (χ1) is 17.2. The average Bonchev–Trinajstić information content (AvgIpc) is 3.11. The highest BCUT2D eigenvalue weighted by Gasteiger charge is 2.47. The number of hydrogen-bond donors (Lipinski definition) is 0. The average molecular weight is 517 g/mol. The molecule has 194 valence electrons. The molecule has 4 heterocycles. The number of halogens is 1. The van der Waals surface area contributed by atoms with Crippen LogP contribution >= 0.6 is 11.6 Å². The second-order valence-corrected chi connectivity index (χ2v) is 11.0. The smallest absolute Gasteiger partial charge is 0.410 e. The SMILES string of the molecule is COCOc1cc(Cl)ccc1-c1cc2c(nn1)N([C@@H]1C[C@H]3CC[C@@H](C1)N3C(=O)OC(C)(C)C)CCO2.